The maximum atomic E-state index is 8.67. The zero-order valence-corrected chi connectivity index (χ0v) is 9.87. The van der Waals surface area contributed by atoms with Gasteiger partial charge in [-0.05, 0) is 38.5 Å². The molecule has 3 unspecified atom stereocenters. The minimum Gasteiger partial charge on any atom is -0.396 e. The highest BCUT2D eigenvalue weighted by Gasteiger charge is 2.54. The van der Waals surface area contributed by atoms with Gasteiger partial charge < -0.3 is 9.84 Å². The van der Waals surface area contributed by atoms with Crippen molar-refractivity contribution in [2.24, 2.45) is 5.92 Å². The molecule has 2 aliphatic rings. The number of epoxide rings is 1. The number of aliphatic hydroxyl groups is 1. The summed E-state index contributed by atoms with van der Waals surface area (Å²) in [6, 6.07) is 0. The third kappa shape index (κ3) is 2.94. The van der Waals surface area contributed by atoms with E-state index in [0.29, 0.717) is 12.7 Å². The van der Waals surface area contributed by atoms with Crippen molar-refractivity contribution in [3.8, 4) is 0 Å². The van der Waals surface area contributed by atoms with Crippen molar-refractivity contribution in [2.45, 2.75) is 70.0 Å². The molecule has 1 aliphatic carbocycles. The van der Waals surface area contributed by atoms with Gasteiger partial charge in [-0.1, -0.05) is 25.7 Å². The molecule has 0 aromatic heterocycles. The maximum absolute atomic E-state index is 8.67. The molecule has 0 aromatic carbocycles. The molecule has 15 heavy (non-hydrogen) atoms. The largest absolute Gasteiger partial charge is 0.396 e. The Hall–Kier alpha value is -0.0800. The molecule has 2 nitrogen and oxygen atoms in total. The van der Waals surface area contributed by atoms with Crippen LogP contribution in [0.2, 0.25) is 0 Å². The zero-order chi connectivity index (χ0) is 10.7. The van der Waals surface area contributed by atoms with Gasteiger partial charge in [-0.15, -0.1) is 0 Å². The first-order valence-corrected chi connectivity index (χ1v) is 6.53. The van der Waals surface area contributed by atoms with E-state index >= 15 is 0 Å². The van der Waals surface area contributed by atoms with E-state index in [1.165, 1.54) is 44.9 Å². The van der Waals surface area contributed by atoms with Crippen LogP contribution in [0.4, 0.5) is 0 Å². The van der Waals surface area contributed by atoms with Crippen molar-refractivity contribution in [1.82, 2.24) is 0 Å². The average Bonchev–Trinajstić information content (AvgIpc) is 2.89. The van der Waals surface area contributed by atoms with Gasteiger partial charge in [0.25, 0.3) is 0 Å². The van der Waals surface area contributed by atoms with Crippen molar-refractivity contribution < 1.29 is 9.84 Å². The highest BCUT2D eigenvalue weighted by atomic mass is 16.6. The fourth-order valence-electron chi connectivity index (χ4n) is 2.88. The minimum absolute atomic E-state index is 0.285. The molecule has 0 radical (unpaired) electrons. The second-order valence-corrected chi connectivity index (χ2v) is 5.49. The van der Waals surface area contributed by atoms with Crippen LogP contribution >= 0.6 is 0 Å². The lowest BCUT2D eigenvalue weighted by Crippen LogP contribution is -2.21. The van der Waals surface area contributed by atoms with Crippen LogP contribution in [0.1, 0.15) is 58.3 Å². The Morgan fingerprint density at radius 1 is 1.27 bits per heavy atom. The summed E-state index contributed by atoms with van der Waals surface area (Å²) in [5, 5.41) is 8.67. The number of rotatable bonds is 6. The summed E-state index contributed by atoms with van der Waals surface area (Å²) in [6.07, 6.45) is 10.7. The second-order valence-electron chi connectivity index (χ2n) is 5.49. The number of hydrogen-bond donors (Lipinski definition) is 1. The molecule has 2 heteroatoms. The van der Waals surface area contributed by atoms with Gasteiger partial charge in [0.05, 0.1) is 11.7 Å². The van der Waals surface area contributed by atoms with E-state index in [-0.39, 0.29) is 5.60 Å². The first kappa shape index (κ1) is 11.4. The van der Waals surface area contributed by atoms with Crippen LogP contribution in [0.5, 0.6) is 0 Å². The smallest absolute Gasteiger partial charge is 0.0920 e. The highest BCUT2D eigenvalue weighted by molar-refractivity contribution is 5.03. The van der Waals surface area contributed by atoms with E-state index in [0.717, 1.165) is 12.3 Å². The monoisotopic (exact) mass is 212 g/mol. The van der Waals surface area contributed by atoms with Crippen LogP contribution in [0.3, 0.4) is 0 Å². The molecule has 1 heterocycles. The van der Waals surface area contributed by atoms with Gasteiger partial charge in [0.1, 0.15) is 0 Å². The number of fused-ring (bicyclic) bond motifs is 1. The van der Waals surface area contributed by atoms with Crippen LogP contribution in [0.15, 0.2) is 0 Å². The summed E-state index contributed by atoms with van der Waals surface area (Å²) >= 11 is 0. The predicted molar refractivity (Wildman–Crippen MR) is 60.8 cm³/mol. The summed E-state index contributed by atoms with van der Waals surface area (Å²) in [7, 11) is 0. The molecule has 1 saturated heterocycles. The highest BCUT2D eigenvalue weighted by Crippen LogP contribution is 2.50. The van der Waals surface area contributed by atoms with E-state index < -0.39 is 0 Å². The van der Waals surface area contributed by atoms with Gasteiger partial charge in [0, 0.05) is 6.61 Å². The van der Waals surface area contributed by atoms with E-state index in [1.807, 2.05) is 0 Å². The molecule has 88 valence electrons. The van der Waals surface area contributed by atoms with Crippen molar-refractivity contribution in [3.63, 3.8) is 0 Å². The molecule has 0 amide bonds. The average molecular weight is 212 g/mol. The van der Waals surface area contributed by atoms with Crippen LogP contribution in [0, 0.1) is 5.92 Å². The van der Waals surface area contributed by atoms with Crippen LogP contribution in [-0.2, 0) is 4.74 Å². The number of hydrogen-bond acceptors (Lipinski definition) is 2. The predicted octanol–water partition coefficient (Wildman–Crippen LogP) is 2.89. The molecule has 1 aliphatic heterocycles. The number of unbranched alkanes of at least 4 members (excludes halogenated alkanes) is 3. The minimum atomic E-state index is 0.285. The summed E-state index contributed by atoms with van der Waals surface area (Å²) < 4.78 is 5.71. The van der Waals surface area contributed by atoms with Crippen LogP contribution in [-0.4, -0.2) is 23.4 Å². The molecule has 0 bridgehead atoms. The molecule has 1 N–H and O–H groups in total. The molecule has 0 spiro atoms. The Balaban J connectivity index is 1.53. The Bertz CT molecular complexity index is 205. The lowest BCUT2D eigenvalue weighted by Gasteiger charge is -2.22. The lowest BCUT2D eigenvalue weighted by molar-refractivity contribution is 0.278. The fourth-order valence-corrected chi connectivity index (χ4v) is 2.88. The van der Waals surface area contributed by atoms with Gasteiger partial charge in [-0.2, -0.15) is 0 Å². The molecular weight excluding hydrogens is 188 g/mol. The van der Waals surface area contributed by atoms with E-state index in [1.54, 1.807) is 0 Å². The molecule has 1 saturated carbocycles. The maximum Gasteiger partial charge on any atom is 0.0920 e. The Kier molecular flexibility index (Phi) is 3.68. The van der Waals surface area contributed by atoms with Crippen molar-refractivity contribution >= 4 is 0 Å². The Labute approximate surface area is 93.0 Å². The second kappa shape index (κ2) is 4.84. The van der Waals surface area contributed by atoms with Gasteiger partial charge >= 0.3 is 0 Å². The topological polar surface area (TPSA) is 32.8 Å². The summed E-state index contributed by atoms with van der Waals surface area (Å²) in [5.41, 5.74) is 0.285. The molecular formula is C13H24O2. The quantitative estimate of drug-likeness (QED) is 0.542. The third-order valence-electron chi connectivity index (χ3n) is 4.15. The van der Waals surface area contributed by atoms with Crippen LogP contribution < -0.4 is 0 Å². The summed E-state index contributed by atoms with van der Waals surface area (Å²) in [5.74, 6) is 0.916. The summed E-state index contributed by atoms with van der Waals surface area (Å²) in [4.78, 5) is 0. The first-order valence-electron chi connectivity index (χ1n) is 6.53. The van der Waals surface area contributed by atoms with E-state index in [9.17, 15) is 0 Å². The standard InChI is InChI=1S/C13H24O2/c1-13-8-7-11(10-12(13)15-13)6-4-2-3-5-9-14/h11-12,14H,2-10H2,1H3. The zero-order valence-electron chi connectivity index (χ0n) is 9.87. The van der Waals surface area contributed by atoms with Crippen molar-refractivity contribution in [1.29, 1.82) is 0 Å². The van der Waals surface area contributed by atoms with Gasteiger partial charge in [0.2, 0.25) is 0 Å². The molecule has 2 rings (SSSR count). The Morgan fingerprint density at radius 2 is 2.07 bits per heavy atom. The van der Waals surface area contributed by atoms with Crippen molar-refractivity contribution in [3.05, 3.63) is 0 Å². The molecule has 0 aromatic rings. The van der Waals surface area contributed by atoms with E-state index in [4.69, 9.17) is 9.84 Å². The molecule has 2 fully saturated rings. The SMILES string of the molecule is CC12CCC(CCCCCCO)CC1O2. The molecule has 3 atom stereocenters. The van der Waals surface area contributed by atoms with Crippen LogP contribution in [0.25, 0.3) is 0 Å². The summed E-state index contributed by atoms with van der Waals surface area (Å²) in [6.45, 7) is 2.62. The lowest BCUT2D eigenvalue weighted by atomic mass is 9.80. The normalized spacial score (nSPS) is 38.8. The van der Waals surface area contributed by atoms with Gasteiger partial charge in [-0.3, -0.25) is 0 Å². The van der Waals surface area contributed by atoms with Gasteiger partial charge in [-0.25, -0.2) is 0 Å². The Morgan fingerprint density at radius 3 is 2.80 bits per heavy atom. The van der Waals surface area contributed by atoms with E-state index in [2.05, 4.69) is 6.92 Å². The van der Waals surface area contributed by atoms with Crippen molar-refractivity contribution in [2.75, 3.05) is 6.61 Å². The fraction of sp³-hybridized carbons (Fsp3) is 1.00. The first-order chi connectivity index (χ1) is 7.24. The van der Waals surface area contributed by atoms with Gasteiger partial charge in [0.15, 0.2) is 0 Å². The number of ether oxygens (including phenoxy) is 1. The number of aliphatic hydroxyl groups excluding tert-OH is 1. The third-order valence-corrected chi connectivity index (χ3v) is 4.15.